The number of furan rings is 1. The fourth-order valence-corrected chi connectivity index (χ4v) is 2.70. The molecule has 0 spiro atoms. The van der Waals surface area contributed by atoms with E-state index in [-0.39, 0.29) is 0 Å². The lowest BCUT2D eigenvalue weighted by molar-refractivity contribution is 0.443. The molecule has 106 valence electrons. The van der Waals surface area contributed by atoms with E-state index in [1.165, 1.54) is 32.1 Å². The molecule has 1 saturated carbocycles. The highest BCUT2D eigenvalue weighted by atomic mass is 16.3. The molecular formula is C18H18N2O. The smallest absolute Gasteiger partial charge is 0.145 e. The minimum atomic E-state index is 0.460. The molecule has 1 aliphatic rings. The average molecular weight is 278 g/mol. The quantitative estimate of drug-likeness (QED) is 0.772. The second kappa shape index (κ2) is 6.41. The molecule has 1 aromatic carbocycles. The minimum absolute atomic E-state index is 0.460. The van der Waals surface area contributed by atoms with E-state index in [2.05, 4.69) is 11.1 Å². The lowest BCUT2D eigenvalue weighted by Crippen LogP contribution is -2.09. The van der Waals surface area contributed by atoms with E-state index in [9.17, 15) is 0 Å². The Morgan fingerprint density at radius 1 is 1.05 bits per heavy atom. The molecule has 2 aromatic rings. The lowest BCUT2D eigenvalue weighted by Gasteiger charge is -2.16. The van der Waals surface area contributed by atoms with Crippen LogP contribution in [0.3, 0.4) is 0 Å². The summed E-state index contributed by atoms with van der Waals surface area (Å²) >= 11 is 0. The van der Waals surface area contributed by atoms with Crippen LogP contribution >= 0.6 is 0 Å². The second-order valence-electron chi connectivity index (χ2n) is 5.46. The molecule has 1 aliphatic carbocycles. The van der Waals surface area contributed by atoms with Gasteiger partial charge in [-0.3, -0.25) is 4.99 Å². The van der Waals surface area contributed by atoms with Gasteiger partial charge in [0.2, 0.25) is 0 Å². The predicted octanol–water partition coefficient (Wildman–Crippen LogP) is 4.57. The van der Waals surface area contributed by atoms with Crippen molar-refractivity contribution in [2.45, 2.75) is 38.1 Å². The SMILES string of the molecule is N#Cc1ccc(-c2ccc(C=NC3CCCCC3)o2)cc1. The highest BCUT2D eigenvalue weighted by molar-refractivity contribution is 5.77. The molecule has 0 radical (unpaired) electrons. The molecule has 3 rings (SSSR count). The van der Waals surface area contributed by atoms with Crippen molar-refractivity contribution >= 4 is 6.21 Å². The molecule has 0 saturated heterocycles. The Hall–Kier alpha value is -2.34. The number of rotatable bonds is 3. The van der Waals surface area contributed by atoms with E-state index in [1.807, 2.05) is 30.5 Å². The van der Waals surface area contributed by atoms with E-state index >= 15 is 0 Å². The molecule has 3 heteroatoms. The molecule has 0 N–H and O–H groups in total. The molecule has 3 nitrogen and oxygen atoms in total. The average Bonchev–Trinajstić information content (AvgIpc) is 3.03. The van der Waals surface area contributed by atoms with Crippen molar-refractivity contribution in [3.8, 4) is 17.4 Å². The topological polar surface area (TPSA) is 49.3 Å². The van der Waals surface area contributed by atoms with Crippen LogP contribution in [0, 0.1) is 11.3 Å². The van der Waals surface area contributed by atoms with Gasteiger partial charge < -0.3 is 4.42 Å². The van der Waals surface area contributed by atoms with Crippen molar-refractivity contribution in [3.63, 3.8) is 0 Å². The third-order valence-corrected chi connectivity index (χ3v) is 3.91. The van der Waals surface area contributed by atoms with Crippen LogP contribution in [0.2, 0.25) is 0 Å². The van der Waals surface area contributed by atoms with Gasteiger partial charge in [-0.1, -0.05) is 19.3 Å². The second-order valence-corrected chi connectivity index (χ2v) is 5.46. The first-order valence-corrected chi connectivity index (χ1v) is 7.49. The van der Waals surface area contributed by atoms with Crippen LogP contribution in [-0.4, -0.2) is 12.3 Å². The van der Waals surface area contributed by atoms with Gasteiger partial charge in [0.05, 0.1) is 23.9 Å². The Balaban J connectivity index is 1.70. The zero-order valence-electron chi connectivity index (χ0n) is 12.0. The highest BCUT2D eigenvalue weighted by Gasteiger charge is 2.11. The normalized spacial score (nSPS) is 16.1. The van der Waals surface area contributed by atoms with Crippen LogP contribution in [0.5, 0.6) is 0 Å². The largest absolute Gasteiger partial charge is 0.455 e. The molecule has 0 amide bonds. The van der Waals surface area contributed by atoms with Crippen LogP contribution in [0.15, 0.2) is 45.8 Å². The number of nitriles is 1. The maximum atomic E-state index is 8.81. The summed E-state index contributed by atoms with van der Waals surface area (Å²) < 4.78 is 5.80. The van der Waals surface area contributed by atoms with Crippen molar-refractivity contribution in [3.05, 3.63) is 47.7 Å². The lowest BCUT2D eigenvalue weighted by atomic mass is 9.96. The summed E-state index contributed by atoms with van der Waals surface area (Å²) in [7, 11) is 0. The number of benzene rings is 1. The minimum Gasteiger partial charge on any atom is -0.455 e. The van der Waals surface area contributed by atoms with Crippen molar-refractivity contribution < 1.29 is 4.42 Å². The number of nitrogens with zero attached hydrogens (tertiary/aromatic N) is 2. The van der Waals surface area contributed by atoms with Gasteiger partial charge >= 0.3 is 0 Å². The first-order valence-electron chi connectivity index (χ1n) is 7.49. The monoisotopic (exact) mass is 278 g/mol. The Kier molecular flexibility index (Phi) is 4.16. The molecule has 21 heavy (non-hydrogen) atoms. The zero-order chi connectivity index (χ0) is 14.5. The first kappa shape index (κ1) is 13.6. The molecule has 0 atom stereocenters. The summed E-state index contributed by atoms with van der Waals surface area (Å²) in [5, 5.41) is 8.81. The molecule has 1 aromatic heterocycles. The summed E-state index contributed by atoms with van der Waals surface area (Å²) in [6, 6.07) is 13.9. The van der Waals surface area contributed by atoms with Crippen molar-refractivity contribution in [1.29, 1.82) is 5.26 Å². The van der Waals surface area contributed by atoms with E-state index < -0.39 is 0 Å². The van der Waals surface area contributed by atoms with Crippen molar-refractivity contribution in [1.82, 2.24) is 0 Å². The maximum Gasteiger partial charge on any atom is 0.145 e. The number of aliphatic imine (C=N–C) groups is 1. The summed E-state index contributed by atoms with van der Waals surface area (Å²) in [5.41, 5.74) is 1.63. The van der Waals surface area contributed by atoms with E-state index in [1.54, 1.807) is 12.1 Å². The Labute approximate surface area is 124 Å². The summed E-state index contributed by atoms with van der Waals surface area (Å²) in [6.45, 7) is 0. The van der Waals surface area contributed by atoms with Crippen molar-refractivity contribution in [2.75, 3.05) is 0 Å². The Morgan fingerprint density at radius 2 is 1.81 bits per heavy atom. The molecule has 0 bridgehead atoms. The maximum absolute atomic E-state index is 8.81. The van der Waals surface area contributed by atoms with Gasteiger partial charge in [-0.05, 0) is 49.2 Å². The van der Waals surface area contributed by atoms with Crippen LogP contribution in [-0.2, 0) is 0 Å². The number of hydrogen-bond acceptors (Lipinski definition) is 3. The molecule has 0 unspecified atom stereocenters. The molecule has 1 fully saturated rings. The zero-order valence-corrected chi connectivity index (χ0v) is 12.0. The van der Waals surface area contributed by atoms with Gasteiger partial charge in [0, 0.05) is 5.56 Å². The third kappa shape index (κ3) is 3.41. The fraction of sp³-hybridized carbons (Fsp3) is 0.333. The van der Waals surface area contributed by atoms with Gasteiger partial charge in [-0.15, -0.1) is 0 Å². The predicted molar refractivity (Wildman–Crippen MR) is 83.3 cm³/mol. The highest BCUT2D eigenvalue weighted by Crippen LogP contribution is 2.23. The van der Waals surface area contributed by atoms with Gasteiger partial charge in [-0.2, -0.15) is 5.26 Å². The summed E-state index contributed by atoms with van der Waals surface area (Å²) in [6.07, 6.45) is 8.16. The van der Waals surface area contributed by atoms with E-state index in [0.29, 0.717) is 11.6 Å². The fourth-order valence-electron chi connectivity index (χ4n) is 2.70. The Bertz CT molecular complexity index is 655. The molecular weight excluding hydrogens is 260 g/mol. The molecule has 1 heterocycles. The van der Waals surface area contributed by atoms with Gasteiger partial charge in [0.25, 0.3) is 0 Å². The Morgan fingerprint density at radius 3 is 2.52 bits per heavy atom. The van der Waals surface area contributed by atoms with Crippen LogP contribution in [0.1, 0.15) is 43.4 Å². The summed E-state index contributed by atoms with van der Waals surface area (Å²) in [5.74, 6) is 1.60. The standard InChI is InChI=1S/C18H18N2O/c19-12-14-6-8-15(9-7-14)18-11-10-17(21-18)13-20-16-4-2-1-3-5-16/h6-11,13,16H,1-5H2. The van der Waals surface area contributed by atoms with Gasteiger partial charge in [-0.25, -0.2) is 0 Å². The van der Waals surface area contributed by atoms with Gasteiger partial charge in [0.1, 0.15) is 11.5 Å². The number of hydrogen-bond donors (Lipinski definition) is 0. The van der Waals surface area contributed by atoms with Crippen molar-refractivity contribution in [2.24, 2.45) is 4.99 Å². The van der Waals surface area contributed by atoms with Gasteiger partial charge in [0.15, 0.2) is 0 Å². The first-order chi connectivity index (χ1) is 10.3. The van der Waals surface area contributed by atoms with E-state index in [4.69, 9.17) is 9.68 Å². The third-order valence-electron chi connectivity index (χ3n) is 3.91. The summed E-state index contributed by atoms with van der Waals surface area (Å²) in [4.78, 5) is 4.63. The van der Waals surface area contributed by atoms with E-state index in [0.717, 1.165) is 17.1 Å². The van der Waals surface area contributed by atoms with Crippen LogP contribution in [0.25, 0.3) is 11.3 Å². The van der Waals surface area contributed by atoms with Crippen LogP contribution < -0.4 is 0 Å². The van der Waals surface area contributed by atoms with Crippen LogP contribution in [0.4, 0.5) is 0 Å². The molecule has 0 aliphatic heterocycles.